The molecule has 0 unspecified atom stereocenters. The van der Waals surface area contributed by atoms with Crippen molar-refractivity contribution in [3.8, 4) is 34.0 Å². The lowest BCUT2D eigenvalue weighted by atomic mass is 10.0. The molecule has 0 amide bonds. The molecule has 0 saturated heterocycles. The van der Waals surface area contributed by atoms with Gasteiger partial charge in [-0.3, -0.25) is 4.57 Å². The number of hydrogen-bond donors (Lipinski definition) is 1. The van der Waals surface area contributed by atoms with Crippen LogP contribution in [0.4, 0.5) is 26.3 Å². The number of nitrogens with zero attached hydrogens (tertiary/aromatic N) is 2. The summed E-state index contributed by atoms with van der Waals surface area (Å²) in [6, 6.07) is 16.9. The molecule has 0 spiro atoms. The predicted molar refractivity (Wildman–Crippen MR) is 121 cm³/mol. The molecule has 1 aromatic heterocycles. The summed E-state index contributed by atoms with van der Waals surface area (Å²) >= 11 is 0. The van der Waals surface area contributed by atoms with E-state index in [1.165, 1.54) is 67.1 Å². The SMILES string of the molecule is CC(C)(O)c1cn(-c2cccc(-c3ccc(OC(F)(F)F)cc3)c2)c(-c2ccccc2C(F)(F)F)n1. The first-order valence-corrected chi connectivity index (χ1v) is 10.7. The standard InChI is InChI=1S/C26H20F6N2O2/c1-24(2,35)22-15-34(23(33-22)20-8-3-4-9-21(20)25(27,28)29)18-7-5-6-17(14-18)16-10-12-19(13-11-16)36-26(30,31)32/h3-15,35H,1-2H3. The number of aromatic nitrogens is 2. The first kappa shape index (κ1) is 25.3. The predicted octanol–water partition coefficient (Wildman–Crippen LogP) is 7.35. The van der Waals surface area contributed by atoms with Gasteiger partial charge in [0.15, 0.2) is 0 Å². The summed E-state index contributed by atoms with van der Waals surface area (Å²) < 4.78 is 84.0. The summed E-state index contributed by atoms with van der Waals surface area (Å²) in [6.45, 7) is 2.94. The van der Waals surface area contributed by atoms with E-state index in [0.717, 1.165) is 6.07 Å². The Hall–Kier alpha value is -3.79. The second kappa shape index (κ2) is 9.02. The van der Waals surface area contributed by atoms with Crippen molar-refractivity contribution >= 4 is 0 Å². The Labute approximate surface area is 202 Å². The van der Waals surface area contributed by atoms with E-state index in [-0.39, 0.29) is 22.8 Å². The maximum absolute atomic E-state index is 13.8. The second-order valence-electron chi connectivity index (χ2n) is 8.54. The van der Waals surface area contributed by atoms with Gasteiger partial charge in [-0.25, -0.2) is 4.98 Å². The third kappa shape index (κ3) is 5.54. The maximum Gasteiger partial charge on any atom is 0.573 e. The molecule has 0 fully saturated rings. The fourth-order valence-electron chi connectivity index (χ4n) is 3.67. The number of ether oxygens (including phenoxy) is 1. The first-order valence-electron chi connectivity index (χ1n) is 10.7. The molecule has 0 saturated carbocycles. The van der Waals surface area contributed by atoms with Gasteiger partial charge in [0.05, 0.1) is 11.3 Å². The Balaban J connectivity index is 1.82. The zero-order valence-corrected chi connectivity index (χ0v) is 19.0. The summed E-state index contributed by atoms with van der Waals surface area (Å²) in [6.07, 6.45) is -7.99. The molecule has 4 aromatic rings. The number of imidazole rings is 1. The molecule has 1 N–H and O–H groups in total. The van der Waals surface area contributed by atoms with Crippen molar-refractivity contribution in [2.45, 2.75) is 32.0 Å². The Bertz CT molecular complexity index is 1370. The highest BCUT2D eigenvalue weighted by atomic mass is 19.4. The van der Waals surface area contributed by atoms with Crippen molar-refractivity contribution < 1.29 is 36.2 Å². The molecule has 1 heterocycles. The Morgan fingerprint density at radius 2 is 1.47 bits per heavy atom. The topological polar surface area (TPSA) is 47.3 Å². The van der Waals surface area contributed by atoms with E-state index in [2.05, 4.69) is 9.72 Å². The average molecular weight is 506 g/mol. The van der Waals surface area contributed by atoms with Crippen LogP contribution in [0.2, 0.25) is 0 Å². The zero-order chi connectivity index (χ0) is 26.3. The first-order chi connectivity index (χ1) is 16.7. The van der Waals surface area contributed by atoms with Crippen molar-refractivity contribution in [1.82, 2.24) is 9.55 Å². The van der Waals surface area contributed by atoms with Gasteiger partial charge in [-0.05, 0) is 55.3 Å². The van der Waals surface area contributed by atoms with Crippen molar-refractivity contribution in [2.75, 3.05) is 0 Å². The van der Waals surface area contributed by atoms with Crippen molar-refractivity contribution in [2.24, 2.45) is 0 Å². The molecular weight excluding hydrogens is 486 g/mol. The molecule has 36 heavy (non-hydrogen) atoms. The van der Waals surface area contributed by atoms with Crippen LogP contribution in [-0.4, -0.2) is 21.0 Å². The van der Waals surface area contributed by atoms with Gasteiger partial charge in [0.1, 0.15) is 17.2 Å². The maximum atomic E-state index is 13.8. The van der Waals surface area contributed by atoms with Gasteiger partial charge in [0.2, 0.25) is 0 Å². The van der Waals surface area contributed by atoms with Crippen LogP contribution < -0.4 is 4.74 Å². The molecule has 3 aromatic carbocycles. The molecule has 0 atom stereocenters. The summed E-state index contributed by atoms with van der Waals surface area (Å²) in [7, 11) is 0. The highest BCUT2D eigenvalue weighted by molar-refractivity contribution is 5.69. The van der Waals surface area contributed by atoms with E-state index < -0.39 is 23.7 Å². The minimum absolute atomic E-state index is 0.0221. The van der Waals surface area contributed by atoms with Crippen LogP contribution >= 0.6 is 0 Å². The molecule has 4 rings (SSSR count). The zero-order valence-electron chi connectivity index (χ0n) is 19.0. The Morgan fingerprint density at radius 1 is 0.806 bits per heavy atom. The molecular formula is C26H20F6N2O2. The van der Waals surface area contributed by atoms with E-state index >= 15 is 0 Å². The number of halogens is 6. The number of hydrogen-bond acceptors (Lipinski definition) is 3. The third-order valence-corrected chi connectivity index (χ3v) is 5.35. The highest BCUT2D eigenvalue weighted by Gasteiger charge is 2.35. The van der Waals surface area contributed by atoms with Gasteiger partial charge in [-0.15, -0.1) is 13.2 Å². The van der Waals surface area contributed by atoms with Gasteiger partial charge < -0.3 is 9.84 Å². The second-order valence-corrected chi connectivity index (χ2v) is 8.54. The van der Waals surface area contributed by atoms with Crippen molar-refractivity contribution in [1.29, 1.82) is 0 Å². The van der Waals surface area contributed by atoms with Crippen molar-refractivity contribution in [3.63, 3.8) is 0 Å². The molecule has 188 valence electrons. The number of rotatable bonds is 5. The molecule has 0 radical (unpaired) electrons. The largest absolute Gasteiger partial charge is 0.573 e. The third-order valence-electron chi connectivity index (χ3n) is 5.35. The highest BCUT2D eigenvalue weighted by Crippen LogP contribution is 2.38. The van der Waals surface area contributed by atoms with Crippen LogP contribution in [0, 0.1) is 0 Å². The minimum Gasteiger partial charge on any atom is -0.406 e. The quantitative estimate of drug-likeness (QED) is 0.288. The van der Waals surface area contributed by atoms with Crippen molar-refractivity contribution in [3.05, 3.63) is 90.3 Å². The molecule has 0 aliphatic heterocycles. The lowest BCUT2D eigenvalue weighted by Crippen LogP contribution is -2.16. The summed E-state index contributed by atoms with van der Waals surface area (Å²) in [4.78, 5) is 4.34. The normalized spacial score (nSPS) is 12.6. The minimum atomic E-state index is -4.82. The van der Waals surface area contributed by atoms with E-state index in [0.29, 0.717) is 16.8 Å². The molecule has 10 heteroatoms. The Morgan fingerprint density at radius 3 is 2.08 bits per heavy atom. The molecule has 4 nitrogen and oxygen atoms in total. The van der Waals surface area contributed by atoms with Gasteiger partial charge in [-0.1, -0.05) is 42.5 Å². The van der Waals surface area contributed by atoms with Crippen LogP contribution in [0.15, 0.2) is 79.0 Å². The lowest BCUT2D eigenvalue weighted by Gasteiger charge is -2.15. The van der Waals surface area contributed by atoms with E-state index in [1.807, 2.05) is 0 Å². The van der Waals surface area contributed by atoms with Crippen LogP contribution in [-0.2, 0) is 11.8 Å². The van der Waals surface area contributed by atoms with Gasteiger partial charge in [0.25, 0.3) is 0 Å². The van der Waals surface area contributed by atoms with Crippen LogP contribution in [0.1, 0.15) is 25.1 Å². The van der Waals surface area contributed by atoms with Crippen LogP contribution in [0.3, 0.4) is 0 Å². The van der Waals surface area contributed by atoms with Crippen LogP contribution in [0.25, 0.3) is 28.2 Å². The van der Waals surface area contributed by atoms with Gasteiger partial charge >= 0.3 is 12.5 Å². The smallest absolute Gasteiger partial charge is 0.406 e. The lowest BCUT2D eigenvalue weighted by molar-refractivity contribution is -0.274. The van der Waals surface area contributed by atoms with Gasteiger partial charge in [0, 0.05) is 17.4 Å². The summed E-state index contributed by atoms with van der Waals surface area (Å²) in [5.74, 6) is -0.399. The number of aliphatic hydroxyl groups is 1. The monoisotopic (exact) mass is 506 g/mol. The molecule has 0 aliphatic rings. The van der Waals surface area contributed by atoms with E-state index in [9.17, 15) is 31.4 Å². The fourth-order valence-corrected chi connectivity index (χ4v) is 3.67. The summed E-state index contributed by atoms with van der Waals surface area (Å²) in [5, 5.41) is 10.5. The van der Waals surface area contributed by atoms with Gasteiger partial charge in [-0.2, -0.15) is 13.2 Å². The number of benzene rings is 3. The Kier molecular flexibility index (Phi) is 6.34. The van der Waals surface area contributed by atoms with E-state index in [4.69, 9.17) is 0 Å². The molecule has 0 aliphatic carbocycles. The van der Waals surface area contributed by atoms with E-state index in [1.54, 1.807) is 24.3 Å². The number of alkyl halides is 6. The van der Waals surface area contributed by atoms with Crippen LogP contribution in [0.5, 0.6) is 5.75 Å². The summed E-state index contributed by atoms with van der Waals surface area (Å²) in [5.41, 5.74) is -0.716. The fraction of sp³-hybridized carbons (Fsp3) is 0.192. The molecule has 0 bridgehead atoms. The average Bonchev–Trinajstić information content (AvgIpc) is 3.24.